The zero-order valence-corrected chi connectivity index (χ0v) is 18.5. The van der Waals surface area contributed by atoms with Gasteiger partial charge in [-0.1, -0.05) is 13.8 Å². The molecule has 2 aliphatic rings. The second-order valence-electron chi connectivity index (χ2n) is 8.48. The molecule has 2 aliphatic heterocycles. The van der Waals surface area contributed by atoms with Crippen LogP contribution in [0.3, 0.4) is 0 Å². The van der Waals surface area contributed by atoms with Gasteiger partial charge in [-0.2, -0.15) is 0 Å². The van der Waals surface area contributed by atoms with E-state index in [1.54, 1.807) is 0 Å². The van der Waals surface area contributed by atoms with Gasteiger partial charge >= 0.3 is 6.09 Å². The van der Waals surface area contributed by atoms with Gasteiger partial charge in [-0.15, -0.1) is 5.06 Å². The van der Waals surface area contributed by atoms with E-state index in [1.807, 2.05) is 32.8 Å². The van der Waals surface area contributed by atoms with Gasteiger partial charge in [-0.3, -0.25) is 9.59 Å². The average molecular weight is 429 g/mol. The Morgan fingerprint density at radius 3 is 2.57 bits per heavy atom. The molecule has 2 rings (SSSR count). The van der Waals surface area contributed by atoms with Crippen LogP contribution in [-0.4, -0.2) is 99.5 Å². The molecular formula is C20H36N4O6. The molecule has 2 fully saturated rings. The first-order valence-electron chi connectivity index (χ1n) is 10.7. The SMILES string of the molecule is CC(C)CC[C@H](NC(=O)ON1CCOCC1)C(=O)NC1C(=O)COC1CCN(C)C. The summed E-state index contributed by atoms with van der Waals surface area (Å²) >= 11 is 0. The van der Waals surface area contributed by atoms with Crippen molar-refractivity contribution in [2.45, 2.75) is 51.3 Å². The topological polar surface area (TPSA) is 109 Å². The van der Waals surface area contributed by atoms with Crippen molar-refractivity contribution in [1.29, 1.82) is 0 Å². The quantitative estimate of drug-likeness (QED) is 0.507. The summed E-state index contributed by atoms with van der Waals surface area (Å²) in [6.07, 6.45) is 0.780. The minimum atomic E-state index is -0.788. The molecule has 0 radical (unpaired) electrons. The van der Waals surface area contributed by atoms with Crippen LogP contribution >= 0.6 is 0 Å². The molecule has 30 heavy (non-hydrogen) atoms. The molecule has 2 heterocycles. The third-order valence-electron chi connectivity index (χ3n) is 5.14. The summed E-state index contributed by atoms with van der Waals surface area (Å²) < 4.78 is 10.8. The van der Waals surface area contributed by atoms with E-state index < -0.39 is 24.1 Å². The van der Waals surface area contributed by atoms with Crippen molar-refractivity contribution >= 4 is 17.8 Å². The number of carbonyl (C=O) groups is 3. The number of carbonyl (C=O) groups excluding carboxylic acids is 3. The molecule has 3 atom stereocenters. The lowest BCUT2D eigenvalue weighted by Crippen LogP contribution is -2.54. The lowest BCUT2D eigenvalue weighted by molar-refractivity contribution is -0.147. The first-order valence-corrected chi connectivity index (χ1v) is 10.7. The van der Waals surface area contributed by atoms with Gasteiger partial charge in [0.05, 0.1) is 32.4 Å². The van der Waals surface area contributed by atoms with Crippen LogP contribution in [0.15, 0.2) is 0 Å². The molecule has 10 heteroatoms. The first kappa shape index (κ1) is 24.5. The Labute approximate surface area is 178 Å². The molecule has 2 N–H and O–H groups in total. The van der Waals surface area contributed by atoms with E-state index in [0.29, 0.717) is 45.1 Å². The van der Waals surface area contributed by atoms with Crippen LogP contribution in [0.4, 0.5) is 4.79 Å². The zero-order chi connectivity index (χ0) is 22.1. The van der Waals surface area contributed by atoms with Crippen LogP contribution in [0.25, 0.3) is 0 Å². The molecule has 0 aromatic carbocycles. The molecule has 0 aromatic rings. The fourth-order valence-electron chi connectivity index (χ4n) is 3.34. The van der Waals surface area contributed by atoms with Crippen molar-refractivity contribution < 1.29 is 28.7 Å². The van der Waals surface area contributed by atoms with Crippen LogP contribution in [0.2, 0.25) is 0 Å². The molecule has 10 nitrogen and oxygen atoms in total. The predicted octanol–water partition coefficient (Wildman–Crippen LogP) is 0.169. The number of amides is 2. The predicted molar refractivity (Wildman–Crippen MR) is 110 cm³/mol. The highest BCUT2D eigenvalue weighted by Crippen LogP contribution is 2.16. The van der Waals surface area contributed by atoms with Gasteiger partial charge < -0.3 is 29.8 Å². The molecule has 172 valence electrons. The Morgan fingerprint density at radius 2 is 1.93 bits per heavy atom. The molecule has 2 saturated heterocycles. The summed E-state index contributed by atoms with van der Waals surface area (Å²) in [4.78, 5) is 44.8. The fraction of sp³-hybridized carbons (Fsp3) is 0.850. The normalized spacial score (nSPS) is 23.6. The number of nitrogens with one attached hydrogen (secondary N) is 2. The highest BCUT2D eigenvalue weighted by atomic mass is 16.7. The van der Waals surface area contributed by atoms with Crippen molar-refractivity contribution in [3.63, 3.8) is 0 Å². The van der Waals surface area contributed by atoms with Crippen molar-refractivity contribution in [3.8, 4) is 0 Å². The van der Waals surface area contributed by atoms with Gasteiger partial charge in [0.1, 0.15) is 18.7 Å². The monoisotopic (exact) mass is 428 g/mol. The molecule has 0 aliphatic carbocycles. The zero-order valence-electron chi connectivity index (χ0n) is 18.5. The third-order valence-corrected chi connectivity index (χ3v) is 5.14. The van der Waals surface area contributed by atoms with Crippen molar-refractivity contribution in [2.24, 2.45) is 5.92 Å². The van der Waals surface area contributed by atoms with Crippen molar-refractivity contribution in [3.05, 3.63) is 0 Å². The Kier molecular flexibility index (Phi) is 9.96. The number of rotatable bonds is 10. The molecule has 2 amide bonds. The van der Waals surface area contributed by atoms with Crippen molar-refractivity contribution in [1.82, 2.24) is 20.6 Å². The number of ether oxygens (including phenoxy) is 2. The Morgan fingerprint density at radius 1 is 1.23 bits per heavy atom. The number of Topliss-reactive ketones (excluding diaryl/α,β-unsaturated/α-hetero) is 1. The summed E-state index contributed by atoms with van der Waals surface area (Å²) in [5.41, 5.74) is 0. The van der Waals surface area contributed by atoms with Gasteiger partial charge in [0.2, 0.25) is 5.91 Å². The maximum Gasteiger partial charge on any atom is 0.426 e. The summed E-state index contributed by atoms with van der Waals surface area (Å²) in [5, 5.41) is 6.97. The maximum absolute atomic E-state index is 12.9. The Balaban J connectivity index is 1.95. The van der Waals surface area contributed by atoms with Gasteiger partial charge in [0.25, 0.3) is 0 Å². The maximum atomic E-state index is 12.9. The minimum absolute atomic E-state index is 0.00773. The number of nitrogens with zero attached hydrogens (tertiary/aromatic N) is 2. The van der Waals surface area contributed by atoms with E-state index in [2.05, 4.69) is 10.6 Å². The number of hydroxylamine groups is 2. The van der Waals surface area contributed by atoms with E-state index in [4.69, 9.17) is 14.3 Å². The number of morpholine rings is 1. The van der Waals surface area contributed by atoms with Crippen LogP contribution in [0.5, 0.6) is 0 Å². The van der Waals surface area contributed by atoms with Crippen LogP contribution in [-0.2, 0) is 23.9 Å². The minimum Gasteiger partial charge on any atom is -0.379 e. The van der Waals surface area contributed by atoms with Crippen LogP contribution < -0.4 is 10.6 Å². The molecule has 2 unspecified atom stereocenters. The van der Waals surface area contributed by atoms with Crippen LogP contribution in [0.1, 0.15) is 33.1 Å². The standard InChI is InChI=1S/C20H36N4O6/c1-14(2)5-6-15(21-20(27)30-24-9-11-28-12-10-24)19(26)22-18-16(25)13-29-17(18)7-8-23(3)4/h14-15,17-18H,5-13H2,1-4H3,(H,21,27)(H,22,26)/t15-,17?,18?/m0/s1. The van der Waals surface area contributed by atoms with Crippen LogP contribution in [0, 0.1) is 5.92 Å². The van der Waals surface area contributed by atoms with E-state index >= 15 is 0 Å². The molecule has 0 aromatic heterocycles. The lowest BCUT2D eigenvalue weighted by Gasteiger charge is -2.27. The molecule has 0 saturated carbocycles. The Hall–Kier alpha value is -1.75. The third kappa shape index (κ3) is 8.17. The first-order chi connectivity index (χ1) is 14.3. The van der Waals surface area contributed by atoms with Crippen molar-refractivity contribution in [2.75, 3.05) is 53.6 Å². The fourth-order valence-corrected chi connectivity index (χ4v) is 3.34. The van der Waals surface area contributed by atoms with Gasteiger partial charge in [-0.25, -0.2) is 4.79 Å². The van der Waals surface area contributed by atoms with Gasteiger partial charge in [0, 0.05) is 6.54 Å². The molecule has 0 spiro atoms. The van der Waals surface area contributed by atoms with Gasteiger partial charge in [0.15, 0.2) is 5.78 Å². The average Bonchev–Trinajstić information content (AvgIpc) is 3.03. The molecular weight excluding hydrogens is 392 g/mol. The second kappa shape index (κ2) is 12.2. The summed E-state index contributed by atoms with van der Waals surface area (Å²) in [6, 6.07) is -1.49. The van der Waals surface area contributed by atoms with E-state index in [0.717, 1.165) is 13.0 Å². The Bertz CT molecular complexity index is 580. The highest BCUT2D eigenvalue weighted by Gasteiger charge is 2.38. The largest absolute Gasteiger partial charge is 0.426 e. The summed E-state index contributed by atoms with van der Waals surface area (Å²) in [6.45, 7) is 6.78. The van der Waals surface area contributed by atoms with E-state index in [9.17, 15) is 14.4 Å². The van der Waals surface area contributed by atoms with Gasteiger partial charge in [-0.05, 0) is 39.3 Å². The highest BCUT2D eigenvalue weighted by molar-refractivity contribution is 5.94. The van der Waals surface area contributed by atoms with E-state index in [1.165, 1.54) is 5.06 Å². The molecule has 0 bridgehead atoms. The second-order valence-corrected chi connectivity index (χ2v) is 8.48. The smallest absolute Gasteiger partial charge is 0.379 e. The van der Waals surface area contributed by atoms with E-state index in [-0.39, 0.29) is 18.5 Å². The lowest BCUT2D eigenvalue weighted by atomic mass is 10.0. The number of hydrogen-bond donors (Lipinski definition) is 2. The summed E-state index contributed by atoms with van der Waals surface area (Å²) in [7, 11) is 3.88. The summed E-state index contributed by atoms with van der Waals surface area (Å²) in [5.74, 6) is -0.180. The number of ketones is 1. The number of hydrogen-bond acceptors (Lipinski definition) is 8.